The smallest absolute Gasteiger partial charge is 0.310 e. The summed E-state index contributed by atoms with van der Waals surface area (Å²) in [6.07, 6.45) is -4.63. The van der Waals surface area contributed by atoms with Gasteiger partial charge in [0, 0.05) is 0 Å². The van der Waals surface area contributed by atoms with Gasteiger partial charge < -0.3 is 4.74 Å². The molecular formula is C10H10F4O. The zero-order valence-electron chi connectivity index (χ0n) is 7.80. The summed E-state index contributed by atoms with van der Waals surface area (Å²) in [6, 6.07) is 8.21. The van der Waals surface area contributed by atoms with Crippen molar-refractivity contribution in [1.29, 1.82) is 0 Å². The minimum absolute atomic E-state index is 0.391. The molecule has 0 spiro atoms. The van der Waals surface area contributed by atoms with Crippen LogP contribution in [0, 0.1) is 0 Å². The van der Waals surface area contributed by atoms with E-state index in [-0.39, 0.29) is 0 Å². The Morgan fingerprint density at radius 2 is 1.73 bits per heavy atom. The molecule has 0 amide bonds. The molecule has 1 rings (SSSR count). The van der Waals surface area contributed by atoms with Gasteiger partial charge in [0.05, 0.1) is 13.0 Å². The van der Waals surface area contributed by atoms with Gasteiger partial charge in [0.2, 0.25) is 0 Å². The number of hydrogen-bond donors (Lipinski definition) is 0. The number of ether oxygens (including phenoxy) is 1. The van der Waals surface area contributed by atoms with Gasteiger partial charge in [0.25, 0.3) is 0 Å². The van der Waals surface area contributed by atoms with Crippen LogP contribution in [-0.2, 0) is 0 Å². The molecule has 0 heterocycles. The first-order chi connectivity index (χ1) is 7.02. The van der Waals surface area contributed by atoms with E-state index in [0.717, 1.165) is 0 Å². The van der Waals surface area contributed by atoms with Crippen LogP contribution >= 0.6 is 0 Å². The average molecular weight is 222 g/mol. The summed E-state index contributed by atoms with van der Waals surface area (Å²) >= 11 is 0. The Kier molecular flexibility index (Phi) is 3.94. The predicted octanol–water partition coefficient (Wildman–Crippen LogP) is 3.36. The van der Waals surface area contributed by atoms with Gasteiger partial charge in [0.1, 0.15) is 5.75 Å². The van der Waals surface area contributed by atoms with Gasteiger partial charge in [-0.25, -0.2) is 17.6 Å². The fraction of sp³-hybridized carbons (Fsp3) is 0.400. The van der Waals surface area contributed by atoms with Crippen LogP contribution in [0.5, 0.6) is 5.75 Å². The average Bonchev–Trinajstić information content (AvgIpc) is 2.19. The van der Waals surface area contributed by atoms with E-state index in [4.69, 9.17) is 4.74 Å². The van der Waals surface area contributed by atoms with Crippen molar-refractivity contribution in [3.63, 3.8) is 0 Å². The van der Waals surface area contributed by atoms with Crippen LogP contribution in [0.4, 0.5) is 17.6 Å². The van der Waals surface area contributed by atoms with E-state index in [0.29, 0.717) is 5.75 Å². The normalized spacial score (nSPS) is 11.8. The molecule has 1 aromatic carbocycles. The monoisotopic (exact) mass is 222 g/mol. The van der Waals surface area contributed by atoms with Crippen molar-refractivity contribution in [2.24, 2.45) is 0 Å². The largest absolute Gasteiger partial charge is 0.493 e. The molecule has 1 nitrogen and oxygen atoms in total. The molecule has 0 N–H and O–H groups in total. The van der Waals surface area contributed by atoms with Gasteiger partial charge in [0.15, 0.2) is 0 Å². The maximum Gasteiger partial charge on any atom is 0.310 e. The van der Waals surface area contributed by atoms with Gasteiger partial charge in [-0.2, -0.15) is 0 Å². The van der Waals surface area contributed by atoms with Crippen LogP contribution in [0.1, 0.15) is 6.42 Å². The third kappa shape index (κ3) is 3.77. The highest BCUT2D eigenvalue weighted by atomic mass is 19.3. The van der Waals surface area contributed by atoms with E-state index < -0.39 is 25.4 Å². The standard InChI is InChI=1S/C10H10F4O/c11-9(12)10(13,14)6-7-15-8-4-2-1-3-5-8/h1-5,9H,6-7H2. The number of rotatable bonds is 5. The summed E-state index contributed by atoms with van der Waals surface area (Å²) in [7, 11) is 0. The molecule has 0 unspecified atom stereocenters. The van der Waals surface area contributed by atoms with Crippen LogP contribution in [0.15, 0.2) is 30.3 Å². The van der Waals surface area contributed by atoms with Crippen LogP contribution in [0.2, 0.25) is 0 Å². The highest BCUT2D eigenvalue weighted by Gasteiger charge is 2.40. The Morgan fingerprint density at radius 1 is 1.13 bits per heavy atom. The second-order valence-electron chi connectivity index (χ2n) is 2.97. The highest BCUT2D eigenvalue weighted by Crippen LogP contribution is 2.26. The van der Waals surface area contributed by atoms with Crippen molar-refractivity contribution in [2.45, 2.75) is 18.8 Å². The summed E-state index contributed by atoms with van der Waals surface area (Å²) in [6.45, 7) is -0.429. The first-order valence-corrected chi connectivity index (χ1v) is 4.36. The number of benzene rings is 1. The van der Waals surface area contributed by atoms with Crippen molar-refractivity contribution < 1.29 is 22.3 Å². The maximum atomic E-state index is 12.4. The maximum absolute atomic E-state index is 12.4. The Morgan fingerprint density at radius 3 is 2.27 bits per heavy atom. The minimum Gasteiger partial charge on any atom is -0.493 e. The molecule has 1 aromatic rings. The molecule has 5 heteroatoms. The Hall–Kier alpha value is -1.26. The molecule has 0 fully saturated rings. The lowest BCUT2D eigenvalue weighted by molar-refractivity contribution is -0.137. The zero-order valence-corrected chi connectivity index (χ0v) is 7.80. The third-order valence-corrected chi connectivity index (χ3v) is 1.77. The number of para-hydroxylation sites is 1. The highest BCUT2D eigenvalue weighted by molar-refractivity contribution is 5.20. The van der Waals surface area contributed by atoms with Crippen LogP contribution in [-0.4, -0.2) is 19.0 Å². The summed E-state index contributed by atoms with van der Waals surface area (Å²) in [4.78, 5) is 0. The summed E-state index contributed by atoms with van der Waals surface area (Å²) in [5.74, 6) is -3.59. The number of alkyl halides is 4. The SMILES string of the molecule is FC(F)C(F)(F)CCOc1ccccc1. The Bertz CT molecular complexity index is 287. The molecule has 0 aromatic heterocycles. The molecule has 0 saturated heterocycles. The van der Waals surface area contributed by atoms with Crippen LogP contribution in [0.3, 0.4) is 0 Å². The molecule has 0 aliphatic carbocycles. The molecule has 0 saturated carbocycles. The molecule has 0 aliphatic rings. The number of hydrogen-bond acceptors (Lipinski definition) is 1. The van der Waals surface area contributed by atoms with Gasteiger partial charge in [-0.15, -0.1) is 0 Å². The summed E-state index contributed by atoms with van der Waals surface area (Å²) in [5, 5.41) is 0. The summed E-state index contributed by atoms with van der Waals surface area (Å²) in [5.41, 5.74) is 0. The van der Waals surface area contributed by atoms with E-state index in [1.165, 1.54) is 0 Å². The van der Waals surface area contributed by atoms with E-state index >= 15 is 0 Å². The van der Waals surface area contributed by atoms with E-state index in [2.05, 4.69) is 0 Å². The van der Waals surface area contributed by atoms with Crippen molar-refractivity contribution in [2.75, 3.05) is 6.61 Å². The molecule has 0 radical (unpaired) electrons. The van der Waals surface area contributed by atoms with E-state index in [1.807, 2.05) is 0 Å². The molecule has 0 aliphatic heterocycles. The predicted molar refractivity (Wildman–Crippen MR) is 47.5 cm³/mol. The molecule has 0 bridgehead atoms. The quantitative estimate of drug-likeness (QED) is 0.694. The lowest BCUT2D eigenvalue weighted by Gasteiger charge is -2.15. The van der Waals surface area contributed by atoms with Crippen LogP contribution in [0.25, 0.3) is 0 Å². The Labute approximate surface area is 84.7 Å². The fourth-order valence-corrected chi connectivity index (χ4v) is 0.931. The molecular weight excluding hydrogens is 212 g/mol. The van der Waals surface area contributed by atoms with Crippen molar-refractivity contribution in [3.8, 4) is 5.75 Å². The Balaban J connectivity index is 2.34. The molecule has 0 atom stereocenters. The van der Waals surface area contributed by atoms with E-state index in [1.54, 1.807) is 30.3 Å². The summed E-state index contributed by atoms with van der Waals surface area (Å²) < 4.78 is 53.2. The number of halogens is 4. The second kappa shape index (κ2) is 5.00. The van der Waals surface area contributed by atoms with Crippen molar-refractivity contribution in [3.05, 3.63) is 30.3 Å². The second-order valence-corrected chi connectivity index (χ2v) is 2.97. The van der Waals surface area contributed by atoms with Crippen molar-refractivity contribution >= 4 is 0 Å². The van der Waals surface area contributed by atoms with Gasteiger partial charge in [-0.3, -0.25) is 0 Å². The lowest BCUT2D eigenvalue weighted by atomic mass is 10.2. The zero-order chi connectivity index (χ0) is 11.3. The topological polar surface area (TPSA) is 9.23 Å². The lowest BCUT2D eigenvalue weighted by Crippen LogP contribution is -2.28. The third-order valence-electron chi connectivity index (χ3n) is 1.77. The van der Waals surface area contributed by atoms with Crippen molar-refractivity contribution in [1.82, 2.24) is 0 Å². The van der Waals surface area contributed by atoms with Crippen LogP contribution < -0.4 is 4.74 Å². The van der Waals surface area contributed by atoms with Gasteiger partial charge >= 0.3 is 12.3 Å². The van der Waals surface area contributed by atoms with Gasteiger partial charge in [-0.1, -0.05) is 18.2 Å². The fourth-order valence-electron chi connectivity index (χ4n) is 0.931. The first kappa shape index (κ1) is 11.8. The molecule has 15 heavy (non-hydrogen) atoms. The molecule has 84 valence electrons. The minimum atomic E-state index is -3.98. The van der Waals surface area contributed by atoms with E-state index in [9.17, 15) is 17.6 Å². The first-order valence-electron chi connectivity index (χ1n) is 4.36. The van der Waals surface area contributed by atoms with Gasteiger partial charge in [-0.05, 0) is 12.1 Å².